The smallest absolute Gasteiger partial charge is 0.416 e. The fourth-order valence-electron chi connectivity index (χ4n) is 3.88. The van der Waals surface area contributed by atoms with Crippen LogP contribution in [-0.2, 0) is 12.8 Å². The zero-order valence-electron chi connectivity index (χ0n) is 17.0. The van der Waals surface area contributed by atoms with E-state index in [2.05, 4.69) is 4.98 Å². The number of carboxylic acid groups (broad SMARTS) is 1. The number of ether oxygens (including phenoxy) is 1. The predicted octanol–water partition coefficient (Wildman–Crippen LogP) is 6.47. The molecule has 1 heterocycles. The van der Waals surface area contributed by atoms with E-state index in [-0.39, 0.29) is 17.9 Å². The lowest BCUT2D eigenvalue weighted by atomic mass is 9.95. The average Bonchev–Trinajstić information content (AvgIpc) is 3.27. The van der Waals surface area contributed by atoms with E-state index in [1.54, 1.807) is 12.3 Å². The van der Waals surface area contributed by atoms with Gasteiger partial charge in [0.25, 0.3) is 0 Å². The summed E-state index contributed by atoms with van der Waals surface area (Å²) < 4.78 is 46.0. The molecule has 1 aliphatic carbocycles. The molecule has 7 heteroatoms. The Kier molecular flexibility index (Phi) is 5.99. The van der Waals surface area contributed by atoms with Gasteiger partial charge in [-0.1, -0.05) is 36.4 Å². The molecule has 0 aliphatic heterocycles. The highest BCUT2D eigenvalue weighted by molar-refractivity contribution is 5.96. The largest absolute Gasteiger partial charge is 0.488 e. The molecule has 0 saturated heterocycles. The van der Waals surface area contributed by atoms with Crippen molar-refractivity contribution >= 4 is 17.1 Å². The number of rotatable bonds is 6. The molecule has 0 fully saturated rings. The summed E-state index contributed by atoms with van der Waals surface area (Å²) in [5.41, 5.74) is 3.10. The van der Waals surface area contributed by atoms with Crippen molar-refractivity contribution in [3.8, 4) is 5.75 Å². The summed E-state index contributed by atoms with van der Waals surface area (Å²) in [5, 5.41) is 9.28. The first-order valence-electron chi connectivity index (χ1n) is 10.1. The monoisotopic (exact) mass is 439 g/mol. The lowest BCUT2D eigenvalue weighted by molar-refractivity contribution is -0.137. The van der Waals surface area contributed by atoms with E-state index in [1.807, 2.05) is 30.3 Å². The number of benzene rings is 2. The van der Waals surface area contributed by atoms with Crippen molar-refractivity contribution in [3.63, 3.8) is 0 Å². The molecular weight excluding hydrogens is 419 g/mol. The highest BCUT2D eigenvalue weighted by Crippen LogP contribution is 2.44. The van der Waals surface area contributed by atoms with Crippen LogP contribution in [0.5, 0.6) is 5.75 Å². The summed E-state index contributed by atoms with van der Waals surface area (Å²) in [4.78, 5) is 15.4. The second-order valence-electron chi connectivity index (χ2n) is 7.56. The van der Waals surface area contributed by atoms with Gasteiger partial charge in [0, 0.05) is 18.0 Å². The molecule has 0 radical (unpaired) electrons. The van der Waals surface area contributed by atoms with Crippen molar-refractivity contribution in [2.24, 2.45) is 0 Å². The minimum absolute atomic E-state index is 0.0641. The van der Waals surface area contributed by atoms with Gasteiger partial charge in [0.2, 0.25) is 0 Å². The van der Waals surface area contributed by atoms with Crippen LogP contribution < -0.4 is 4.74 Å². The average molecular weight is 439 g/mol. The molecule has 3 aromatic rings. The summed E-state index contributed by atoms with van der Waals surface area (Å²) >= 11 is 0. The molecule has 4 rings (SSSR count). The van der Waals surface area contributed by atoms with E-state index in [4.69, 9.17) is 4.74 Å². The number of allylic oxidation sites excluding steroid dienone is 2. The molecule has 32 heavy (non-hydrogen) atoms. The van der Waals surface area contributed by atoms with Gasteiger partial charge in [0.1, 0.15) is 12.4 Å². The lowest BCUT2D eigenvalue weighted by Crippen LogP contribution is -2.07. The fraction of sp³-hybridized carbons (Fsp3) is 0.200. The van der Waals surface area contributed by atoms with Crippen molar-refractivity contribution in [2.75, 3.05) is 0 Å². The number of nitrogens with zero attached hydrogens (tertiary/aromatic N) is 1. The Labute approximate surface area is 183 Å². The summed E-state index contributed by atoms with van der Waals surface area (Å²) in [6, 6.07) is 14.3. The Morgan fingerprint density at radius 1 is 1.00 bits per heavy atom. The van der Waals surface area contributed by atoms with Gasteiger partial charge in [-0.25, -0.2) is 4.79 Å². The third kappa shape index (κ3) is 4.66. The molecule has 0 amide bonds. The van der Waals surface area contributed by atoms with E-state index < -0.39 is 17.7 Å². The van der Waals surface area contributed by atoms with Gasteiger partial charge in [-0.2, -0.15) is 13.2 Å². The Morgan fingerprint density at radius 3 is 2.47 bits per heavy atom. The maximum absolute atomic E-state index is 13.4. The van der Waals surface area contributed by atoms with Gasteiger partial charge in [-0.05, 0) is 59.7 Å². The van der Waals surface area contributed by atoms with Crippen LogP contribution in [0.2, 0.25) is 0 Å². The SMILES string of the molecule is O=C(O)c1cncc(C2=C(c3ccc(C(F)(F)F)cc3OCc3ccccc3)CCC2)c1. The zero-order valence-corrected chi connectivity index (χ0v) is 17.0. The fourth-order valence-corrected chi connectivity index (χ4v) is 3.88. The Bertz CT molecular complexity index is 1170. The quantitative estimate of drug-likeness (QED) is 0.478. The molecule has 0 unspecified atom stereocenters. The van der Waals surface area contributed by atoms with E-state index >= 15 is 0 Å². The molecule has 1 aromatic heterocycles. The standard InChI is InChI=1S/C25H20F3NO3/c26-25(27,28)19-9-10-22(23(12-19)32-15-16-5-2-1-3-6-16)21-8-4-7-20(21)17-11-18(24(30)31)14-29-13-17/h1-3,5-6,9-14H,4,7-8,15H2,(H,30,31). The van der Waals surface area contributed by atoms with Crippen LogP contribution in [0.3, 0.4) is 0 Å². The Balaban J connectivity index is 1.77. The number of halogens is 3. The number of carbonyl (C=O) groups is 1. The normalized spacial score (nSPS) is 14.0. The van der Waals surface area contributed by atoms with E-state index in [0.29, 0.717) is 24.0 Å². The van der Waals surface area contributed by atoms with E-state index in [0.717, 1.165) is 35.3 Å². The minimum Gasteiger partial charge on any atom is -0.488 e. The highest BCUT2D eigenvalue weighted by atomic mass is 19.4. The number of aromatic carboxylic acids is 1. The molecule has 0 spiro atoms. The van der Waals surface area contributed by atoms with E-state index in [1.165, 1.54) is 12.3 Å². The Morgan fingerprint density at radius 2 is 1.75 bits per heavy atom. The molecule has 0 atom stereocenters. The van der Waals surface area contributed by atoms with Gasteiger partial charge in [-0.15, -0.1) is 0 Å². The second-order valence-corrected chi connectivity index (χ2v) is 7.56. The third-order valence-corrected chi connectivity index (χ3v) is 5.42. The van der Waals surface area contributed by atoms with Gasteiger partial charge in [0.15, 0.2) is 0 Å². The van der Waals surface area contributed by atoms with Gasteiger partial charge < -0.3 is 9.84 Å². The number of aromatic nitrogens is 1. The van der Waals surface area contributed by atoms with Crippen LogP contribution in [0, 0.1) is 0 Å². The second kappa shape index (κ2) is 8.86. The first kappa shape index (κ1) is 21.6. The van der Waals surface area contributed by atoms with Crippen LogP contribution in [-0.4, -0.2) is 16.1 Å². The highest BCUT2D eigenvalue weighted by Gasteiger charge is 2.32. The van der Waals surface area contributed by atoms with Crippen molar-refractivity contribution in [3.05, 3.63) is 94.8 Å². The summed E-state index contributed by atoms with van der Waals surface area (Å²) in [6.45, 7) is 0.133. The molecule has 4 nitrogen and oxygen atoms in total. The van der Waals surface area contributed by atoms with Crippen molar-refractivity contribution in [1.82, 2.24) is 4.98 Å². The maximum Gasteiger partial charge on any atom is 0.416 e. The first-order chi connectivity index (χ1) is 15.3. The van der Waals surface area contributed by atoms with Gasteiger partial charge in [-0.3, -0.25) is 4.98 Å². The summed E-state index contributed by atoms with van der Waals surface area (Å²) in [5.74, 6) is -0.929. The summed E-state index contributed by atoms with van der Waals surface area (Å²) in [7, 11) is 0. The van der Waals surface area contributed by atoms with E-state index in [9.17, 15) is 23.1 Å². The topological polar surface area (TPSA) is 59.4 Å². The number of carboxylic acids is 1. The molecule has 1 aliphatic rings. The molecular formula is C25H20F3NO3. The number of hydrogen-bond donors (Lipinski definition) is 1. The Hall–Kier alpha value is -3.61. The van der Waals surface area contributed by atoms with Crippen molar-refractivity contribution in [2.45, 2.75) is 32.0 Å². The number of hydrogen-bond acceptors (Lipinski definition) is 3. The number of alkyl halides is 3. The minimum atomic E-state index is -4.49. The van der Waals surface area contributed by atoms with Crippen molar-refractivity contribution in [1.29, 1.82) is 0 Å². The van der Waals surface area contributed by atoms with Crippen molar-refractivity contribution < 1.29 is 27.8 Å². The number of pyridine rings is 1. The lowest BCUT2D eigenvalue weighted by Gasteiger charge is -2.17. The van der Waals surface area contributed by atoms with Crippen LogP contribution in [0.4, 0.5) is 13.2 Å². The zero-order chi connectivity index (χ0) is 22.7. The summed E-state index contributed by atoms with van der Waals surface area (Å²) in [6.07, 6.45) is 0.505. The van der Waals surface area contributed by atoms with Gasteiger partial charge in [0.05, 0.1) is 11.1 Å². The molecule has 164 valence electrons. The van der Waals surface area contributed by atoms with Crippen LogP contribution in [0.25, 0.3) is 11.1 Å². The maximum atomic E-state index is 13.4. The first-order valence-corrected chi connectivity index (χ1v) is 10.1. The van der Waals surface area contributed by atoms with Crippen LogP contribution in [0.15, 0.2) is 67.0 Å². The van der Waals surface area contributed by atoms with Crippen LogP contribution >= 0.6 is 0 Å². The predicted molar refractivity (Wildman–Crippen MR) is 114 cm³/mol. The molecule has 0 bridgehead atoms. The molecule has 1 N–H and O–H groups in total. The third-order valence-electron chi connectivity index (χ3n) is 5.42. The van der Waals surface area contributed by atoms with Gasteiger partial charge >= 0.3 is 12.1 Å². The molecule has 0 saturated carbocycles. The molecule has 2 aromatic carbocycles. The van der Waals surface area contributed by atoms with Crippen LogP contribution in [0.1, 0.15) is 51.9 Å².